The van der Waals surface area contributed by atoms with Gasteiger partial charge in [-0.25, -0.2) is 13.6 Å². The van der Waals surface area contributed by atoms with Gasteiger partial charge in [0.25, 0.3) is 0 Å². The predicted octanol–water partition coefficient (Wildman–Crippen LogP) is 4.03. The van der Waals surface area contributed by atoms with Gasteiger partial charge >= 0.3 is 5.69 Å². The molecule has 0 saturated carbocycles. The van der Waals surface area contributed by atoms with Crippen LogP contribution in [0.25, 0.3) is 22.0 Å². The Kier molecular flexibility index (Phi) is 6.46. The van der Waals surface area contributed by atoms with E-state index in [1.165, 1.54) is 30.0 Å². The van der Waals surface area contributed by atoms with Gasteiger partial charge in [0.1, 0.15) is 17.5 Å². The zero-order chi connectivity index (χ0) is 27.3. The first-order chi connectivity index (χ1) is 18.9. The Morgan fingerprint density at radius 3 is 2.67 bits per heavy atom. The van der Waals surface area contributed by atoms with Gasteiger partial charge in [0.15, 0.2) is 0 Å². The van der Waals surface area contributed by atoms with Crippen LogP contribution in [-0.2, 0) is 11.3 Å². The molecule has 200 valence electrons. The maximum Gasteiger partial charge on any atom is 0.350 e. The number of nitrogens with zero attached hydrogens (tertiary/aromatic N) is 6. The molecule has 8 nitrogen and oxygen atoms in total. The highest BCUT2D eigenvalue weighted by molar-refractivity contribution is 7.99. The van der Waals surface area contributed by atoms with Gasteiger partial charge in [-0.05, 0) is 42.8 Å². The molecular weight excluding hydrogens is 522 g/mol. The van der Waals surface area contributed by atoms with Crippen LogP contribution < -0.4 is 10.6 Å². The lowest BCUT2D eigenvalue weighted by atomic mass is 9.97. The van der Waals surface area contributed by atoms with Crippen molar-refractivity contribution in [3.8, 4) is 11.1 Å². The molecule has 11 heteroatoms. The molecular formula is C28H26F2N6O2S. The largest absolute Gasteiger partial charge is 0.352 e. The van der Waals surface area contributed by atoms with E-state index in [4.69, 9.17) is 0 Å². The molecule has 1 atom stereocenters. The second-order valence-corrected chi connectivity index (χ2v) is 10.7. The molecule has 0 radical (unpaired) electrons. The number of carbonyl (C=O) groups excluding carboxylic acids is 1. The molecule has 2 aromatic heterocycles. The van der Waals surface area contributed by atoms with Gasteiger partial charge in [-0.3, -0.25) is 14.0 Å². The fourth-order valence-electron chi connectivity index (χ4n) is 5.47. The minimum absolute atomic E-state index is 0.126. The summed E-state index contributed by atoms with van der Waals surface area (Å²) in [5.74, 6) is -0.295. The van der Waals surface area contributed by atoms with E-state index in [9.17, 15) is 14.0 Å². The summed E-state index contributed by atoms with van der Waals surface area (Å²) in [5, 5.41) is 5.18. The number of hydrogen-bond donors (Lipinski definition) is 0. The summed E-state index contributed by atoms with van der Waals surface area (Å²) in [6.07, 6.45) is 4.86. The van der Waals surface area contributed by atoms with Crippen molar-refractivity contribution < 1.29 is 13.6 Å². The molecule has 2 aliphatic rings. The van der Waals surface area contributed by atoms with Crippen molar-refractivity contribution in [1.82, 2.24) is 24.2 Å². The van der Waals surface area contributed by atoms with Crippen LogP contribution in [-0.4, -0.2) is 62.1 Å². The van der Waals surface area contributed by atoms with Crippen LogP contribution in [0.15, 0.2) is 65.1 Å². The Morgan fingerprint density at radius 1 is 1.18 bits per heavy atom. The molecule has 0 aliphatic carbocycles. The quantitative estimate of drug-likeness (QED) is 0.359. The lowest BCUT2D eigenvalue weighted by Gasteiger charge is -2.35. The maximum absolute atomic E-state index is 15.1. The number of anilines is 1. The number of amides is 1. The highest BCUT2D eigenvalue weighted by Crippen LogP contribution is 2.45. The third kappa shape index (κ3) is 4.40. The highest BCUT2D eigenvalue weighted by Gasteiger charge is 2.30. The predicted molar refractivity (Wildman–Crippen MR) is 147 cm³/mol. The van der Waals surface area contributed by atoms with Crippen LogP contribution in [0.3, 0.4) is 0 Å². The second kappa shape index (κ2) is 9.96. The van der Waals surface area contributed by atoms with Crippen LogP contribution in [0.2, 0.25) is 0 Å². The molecule has 1 saturated heterocycles. The van der Waals surface area contributed by atoms with Gasteiger partial charge in [0.05, 0.1) is 18.1 Å². The Labute approximate surface area is 227 Å². The van der Waals surface area contributed by atoms with E-state index in [0.29, 0.717) is 55.4 Å². The fourth-order valence-corrected chi connectivity index (χ4v) is 6.86. The summed E-state index contributed by atoms with van der Waals surface area (Å²) in [5.41, 5.74) is 1.99. The third-order valence-electron chi connectivity index (χ3n) is 7.37. The van der Waals surface area contributed by atoms with Gasteiger partial charge in [-0.1, -0.05) is 6.58 Å². The van der Waals surface area contributed by atoms with E-state index in [-0.39, 0.29) is 17.5 Å². The first-order valence-electron chi connectivity index (χ1n) is 12.7. The first kappa shape index (κ1) is 25.3. The minimum Gasteiger partial charge on any atom is -0.352 e. The van der Waals surface area contributed by atoms with Crippen molar-refractivity contribution in [2.75, 3.05) is 36.8 Å². The molecule has 1 fully saturated rings. The Hall–Kier alpha value is -3.99. The third-order valence-corrected chi connectivity index (χ3v) is 8.61. The number of hydrogen-bond acceptors (Lipinski definition) is 6. The summed E-state index contributed by atoms with van der Waals surface area (Å²) in [7, 11) is 0. The molecule has 0 N–H and O–H groups in total. The molecule has 6 rings (SSSR count). The molecule has 4 aromatic rings. The first-order valence-corrected chi connectivity index (χ1v) is 13.7. The number of benzene rings is 2. The molecule has 4 heterocycles. The van der Waals surface area contributed by atoms with E-state index in [1.54, 1.807) is 15.7 Å². The normalized spacial score (nSPS) is 17.4. The van der Waals surface area contributed by atoms with Crippen LogP contribution in [0.5, 0.6) is 0 Å². The topological polar surface area (TPSA) is 76.3 Å². The molecule has 2 aliphatic heterocycles. The van der Waals surface area contributed by atoms with Crippen molar-refractivity contribution in [2.24, 2.45) is 0 Å². The highest BCUT2D eigenvalue weighted by atomic mass is 32.2. The van der Waals surface area contributed by atoms with Crippen LogP contribution in [0.4, 0.5) is 14.6 Å². The van der Waals surface area contributed by atoms with E-state index in [1.807, 2.05) is 34.8 Å². The molecule has 1 amide bonds. The zero-order valence-electron chi connectivity index (χ0n) is 21.3. The summed E-state index contributed by atoms with van der Waals surface area (Å²) >= 11 is 1.54. The number of rotatable bonds is 4. The second-order valence-electron chi connectivity index (χ2n) is 9.71. The van der Waals surface area contributed by atoms with Crippen LogP contribution in [0.1, 0.15) is 11.6 Å². The number of piperazine rings is 1. The minimum atomic E-state index is -0.659. The fraction of sp³-hybridized carbons (Fsp3) is 0.286. The van der Waals surface area contributed by atoms with E-state index >= 15 is 4.39 Å². The summed E-state index contributed by atoms with van der Waals surface area (Å²) in [4.78, 5) is 34.8. The lowest BCUT2D eigenvalue weighted by molar-refractivity contribution is -0.126. The van der Waals surface area contributed by atoms with Gasteiger partial charge in [-0.15, -0.1) is 11.8 Å². The summed E-state index contributed by atoms with van der Waals surface area (Å²) < 4.78 is 32.4. The SMILES string of the molecule is C=CC(=O)N1CCN(c2nc(=O)n3c4c(c(-c5ccc(F)cc5F)c(C)cc24)SCC(n2cccn2)C3)CC1. The maximum atomic E-state index is 15.1. The molecule has 1 unspecified atom stereocenters. The number of halogens is 2. The number of thioether (sulfide) groups is 1. The average molecular weight is 549 g/mol. The monoisotopic (exact) mass is 548 g/mol. The standard InChI is InChI=1S/C28H26F2N6O2S/c1-3-23(37)33-9-11-34(12-10-33)27-21-13-17(2)24(20-6-5-18(29)14-22(20)30)26-25(21)35(28(38)32-27)15-19(16-39-26)36-8-4-7-31-36/h3-8,13-14,19H,1,9-12,15-16H2,2H3. The number of aromatic nitrogens is 4. The Balaban J connectivity index is 1.56. The van der Waals surface area contributed by atoms with Gasteiger partial charge in [0, 0.05) is 71.8 Å². The summed E-state index contributed by atoms with van der Waals surface area (Å²) in [6, 6.07) is 7.22. The molecule has 39 heavy (non-hydrogen) atoms. The number of carbonyl (C=O) groups is 1. The molecule has 2 aromatic carbocycles. The Bertz CT molecular complexity index is 1660. The molecule has 0 bridgehead atoms. The van der Waals surface area contributed by atoms with Crippen molar-refractivity contribution >= 4 is 34.4 Å². The lowest BCUT2D eigenvalue weighted by Crippen LogP contribution is -2.49. The summed E-state index contributed by atoms with van der Waals surface area (Å²) in [6.45, 7) is 7.80. The number of aryl methyl sites for hydroxylation is 1. The van der Waals surface area contributed by atoms with Crippen LogP contribution in [0, 0.1) is 18.6 Å². The van der Waals surface area contributed by atoms with E-state index in [2.05, 4.69) is 16.7 Å². The average Bonchev–Trinajstić information content (AvgIpc) is 3.39. The Morgan fingerprint density at radius 2 is 1.97 bits per heavy atom. The van der Waals surface area contributed by atoms with E-state index in [0.717, 1.165) is 21.9 Å². The van der Waals surface area contributed by atoms with Crippen molar-refractivity contribution in [1.29, 1.82) is 0 Å². The zero-order valence-corrected chi connectivity index (χ0v) is 22.1. The van der Waals surface area contributed by atoms with Crippen LogP contribution >= 0.6 is 11.8 Å². The van der Waals surface area contributed by atoms with Gasteiger partial charge in [-0.2, -0.15) is 10.1 Å². The molecule has 0 spiro atoms. The van der Waals surface area contributed by atoms with Crippen molar-refractivity contribution in [3.63, 3.8) is 0 Å². The smallest absolute Gasteiger partial charge is 0.350 e. The van der Waals surface area contributed by atoms with Gasteiger partial charge in [0.2, 0.25) is 5.91 Å². The van der Waals surface area contributed by atoms with E-state index < -0.39 is 17.3 Å². The van der Waals surface area contributed by atoms with Gasteiger partial charge < -0.3 is 9.80 Å². The van der Waals surface area contributed by atoms with Crippen molar-refractivity contribution in [2.45, 2.75) is 24.4 Å². The van der Waals surface area contributed by atoms with Crippen molar-refractivity contribution in [3.05, 3.63) is 83.1 Å².